The van der Waals surface area contributed by atoms with Crippen molar-refractivity contribution in [3.63, 3.8) is 0 Å². The van der Waals surface area contributed by atoms with Crippen molar-refractivity contribution in [3.8, 4) is 0 Å². The van der Waals surface area contributed by atoms with Gasteiger partial charge in [0, 0.05) is 35.0 Å². The van der Waals surface area contributed by atoms with Crippen molar-refractivity contribution in [2.45, 2.75) is 44.9 Å². The van der Waals surface area contributed by atoms with Crippen LogP contribution in [-0.2, 0) is 13.0 Å². The lowest BCUT2D eigenvalue weighted by atomic mass is 10.2. The lowest BCUT2D eigenvalue weighted by Crippen LogP contribution is -2.43. The molecule has 1 N–H and O–H groups in total. The largest absolute Gasteiger partial charge is 0.346 e. The minimum Gasteiger partial charge on any atom is -0.346 e. The van der Waals surface area contributed by atoms with Crippen molar-refractivity contribution >= 4 is 28.2 Å². The highest BCUT2D eigenvalue weighted by Gasteiger charge is 2.29. The standard InChI is InChI=1S/C14H25N3S2/c1-5-6-11-12(9-15-4)19-13(16-11)17-7-8-18-14(2,3)10-17/h15H,5-10H2,1-4H3. The monoisotopic (exact) mass is 299 g/mol. The number of aromatic nitrogens is 1. The van der Waals surface area contributed by atoms with Crippen LogP contribution in [0.25, 0.3) is 0 Å². The molecule has 5 heteroatoms. The summed E-state index contributed by atoms with van der Waals surface area (Å²) in [5, 5.41) is 4.49. The predicted molar refractivity (Wildman–Crippen MR) is 87.6 cm³/mol. The van der Waals surface area contributed by atoms with E-state index >= 15 is 0 Å². The van der Waals surface area contributed by atoms with E-state index in [4.69, 9.17) is 4.98 Å². The van der Waals surface area contributed by atoms with E-state index in [1.165, 1.54) is 27.9 Å². The molecule has 1 aromatic heterocycles. The van der Waals surface area contributed by atoms with Crippen LogP contribution in [0, 0.1) is 0 Å². The number of hydrogen-bond donors (Lipinski definition) is 1. The number of aryl methyl sites for hydroxylation is 1. The van der Waals surface area contributed by atoms with E-state index in [9.17, 15) is 0 Å². The van der Waals surface area contributed by atoms with Gasteiger partial charge in [-0.15, -0.1) is 11.3 Å². The number of nitrogens with zero attached hydrogens (tertiary/aromatic N) is 2. The summed E-state index contributed by atoms with van der Waals surface area (Å²) < 4.78 is 0.345. The summed E-state index contributed by atoms with van der Waals surface area (Å²) in [5.41, 5.74) is 1.30. The van der Waals surface area contributed by atoms with Crippen LogP contribution in [0.3, 0.4) is 0 Å². The summed E-state index contributed by atoms with van der Waals surface area (Å²) in [7, 11) is 2.01. The highest BCUT2D eigenvalue weighted by atomic mass is 32.2. The van der Waals surface area contributed by atoms with Crippen molar-refractivity contribution in [2.75, 3.05) is 30.8 Å². The molecule has 0 radical (unpaired) electrons. The fourth-order valence-corrected chi connectivity index (χ4v) is 4.67. The van der Waals surface area contributed by atoms with Crippen LogP contribution in [0.15, 0.2) is 0 Å². The van der Waals surface area contributed by atoms with E-state index in [1.807, 2.05) is 18.4 Å². The maximum atomic E-state index is 4.90. The van der Waals surface area contributed by atoms with Crippen LogP contribution < -0.4 is 10.2 Å². The maximum Gasteiger partial charge on any atom is 0.185 e. The van der Waals surface area contributed by atoms with E-state index in [0.717, 1.165) is 26.1 Å². The van der Waals surface area contributed by atoms with Gasteiger partial charge in [-0.2, -0.15) is 11.8 Å². The van der Waals surface area contributed by atoms with Crippen molar-refractivity contribution < 1.29 is 0 Å². The van der Waals surface area contributed by atoms with Gasteiger partial charge in [0.25, 0.3) is 0 Å². The lowest BCUT2D eigenvalue weighted by molar-refractivity contribution is 0.645. The van der Waals surface area contributed by atoms with Crippen LogP contribution in [0.1, 0.15) is 37.8 Å². The topological polar surface area (TPSA) is 28.2 Å². The van der Waals surface area contributed by atoms with Gasteiger partial charge in [-0.3, -0.25) is 0 Å². The molecule has 0 unspecified atom stereocenters. The van der Waals surface area contributed by atoms with Crippen LogP contribution in [-0.4, -0.2) is 35.6 Å². The second kappa shape index (κ2) is 6.46. The van der Waals surface area contributed by atoms with E-state index in [2.05, 4.69) is 42.7 Å². The molecule has 19 heavy (non-hydrogen) atoms. The number of anilines is 1. The molecule has 0 bridgehead atoms. The van der Waals surface area contributed by atoms with Gasteiger partial charge in [0.05, 0.1) is 5.69 Å². The van der Waals surface area contributed by atoms with Crippen molar-refractivity contribution in [1.29, 1.82) is 0 Å². The Morgan fingerprint density at radius 3 is 2.84 bits per heavy atom. The molecular weight excluding hydrogens is 274 g/mol. The Morgan fingerprint density at radius 1 is 1.42 bits per heavy atom. The van der Waals surface area contributed by atoms with Gasteiger partial charge in [-0.25, -0.2) is 4.98 Å². The van der Waals surface area contributed by atoms with Crippen molar-refractivity contribution in [1.82, 2.24) is 10.3 Å². The quantitative estimate of drug-likeness (QED) is 0.904. The molecule has 1 saturated heterocycles. The number of nitrogens with one attached hydrogen (secondary N) is 1. The normalized spacial score (nSPS) is 18.8. The van der Waals surface area contributed by atoms with E-state index in [1.54, 1.807) is 0 Å². The zero-order chi connectivity index (χ0) is 13.9. The second-order valence-electron chi connectivity index (χ2n) is 5.68. The Labute approximate surface area is 125 Å². The number of thiazole rings is 1. The number of hydrogen-bond acceptors (Lipinski definition) is 5. The molecule has 1 aliphatic rings. The van der Waals surface area contributed by atoms with Crippen molar-refractivity contribution in [2.24, 2.45) is 0 Å². The molecule has 2 rings (SSSR count). The third kappa shape index (κ3) is 3.86. The lowest BCUT2D eigenvalue weighted by Gasteiger charge is -2.37. The molecule has 1 aliphatic heterocycles. The molecule has 0 amide bonds. The van der Waals surface area contributed by atoms with Gasteiger partial charge in [0.2, 0.25) is 0 Å². The first-order chi connectivity index (χ1) is 9.05. The molecule has 1 aromatic rings. The summed E-state index contributed by atoms with van der Waals surface area (Å²) in [5.74, 6) is 1.21. The predicted octanol–water partition coefficient (Wildman–Crippen LogP) is 3.15. The molecule has 1 fully saturated rings. The third-order valence-corrected chi connectivity index (χ3v) is 5.74. The molecule has 0 atom stereocenters. The first kappa shape index (κ1) is 15.1. The average molecular weight is 300 g/mol. The molecule has 0 aliphatic carbocycles. The zero-order valence-electron chi connectivity index (χ0n) is 12.5. The smallest absolute Gasteiger partial charge is 0.185 e. The average Bonchev–Trinajstić information content (AvgIpc) is 2.72. The third-order valence-electron chi connectivity index (χ3n) is 3.29. The van der Waals surface area contributed by atoms with Gasteiger partial charge in [-0.05, 0) is 27.3 Å². The minimum absolute atomic E-state index is 0.345. The fraction of sp³-hybridized carbons (Fsp3) is 0.786. The Balaban J connectivity index is 2.17. The maximum absolute atomic E-state index is 4.90. The summed E-state index contributed by atoms with van der Waals surface area (Å²) in [6, 6.07) is 0. The first-order valence-electron chi connectivity index (χ1n) is 7.08. The Hall–Kier alpha value is -0.260. The number of rotatable bonds is 5. The van der Waals surface area contributed by atoms with E-state index in [0.29, 0.717) is 4.75 Å². The van der Waals surface area contributed by atoms with Gasteiger partial charge < -0.3 is 10.2 Å². The SMILES string of the molecule is CCCc1nc(N2CCSC(C)(C)C2)sc1CNC. The minimum atomic E-state index is 0.345. The highest BCUT2D eigenvalue weighted by molar-refractivity contribution is 8.00. The summed E-state index contributed by atoms with van der Waals surface area (Å²) in [6.07, 6.45) is 2.26. The Bertz CT molecular complexity index is 391. The summed E-state index contributed by atoms with van der Waals surface area (Å²) >= 11 is 3.95. The highest BCUT2D eigenvalue weighted by Crippen LogP contribution is 2.35. The van der Waals surface area contributed by atoms with Crippen LogP contribution in [0.2, 0.25) is 0 Å². The van der Waals surface area contributed by atoms with Crippen LogP contribution >= 0.6 is 23.1 Å². The molecule has 3 nitrogen and oxygen atoms in total. The van der Waals surface area contributed by atoms with Gasteiger partial charge in [-0.1, -0.05) is 13.3 Å². The zero-order valence-corrected chi connectivity index (χ0v) is 14.1. The van der Waals surface area contributed by atoms with Gasteiger partial charge in [0.15, 0.2) is 5.13 Å². The molecule has 0 saturated carbocycles. The van der Waals surface area contributed by atoms with E-state index in [-0.39, 0.29) is 0 Å². The molecule has 0 spiro atoms. The fourth-order valence-electron chi connectivity index (χ4n) is 2.42. The molecule has 0 aromatic carbocycles. The van der Waals surface area contributed by atoms with Crippen molar-refractivity contribution in [3.05, 3.63) is 10.6 Å². The second-order valence-corrected chi connectivity index (χ2v) is 8.54. The van der Waals surface area contributed by atoms with Crippen LogP contribution in [0.4, 0.5) is 5.13 Å². The van der Waals surface area contributed by atoms with Gasteiger partial charge >= 0.3 is 0 Å². The molecule has 108 valence electrons. The first-order valence-corrected chi connectivity index (χ1v) is 8.88. The summed E-state index contributed by atoms with van der Waals surface area (Å²) in [4.78, 5) is 8.79. The number of thioether (sulfide) groups is 1. The van der Waals surface area contributed by atoms with E-state index < -0.39 is 0 Å². The van der Waals surface area contributed by atoms with Gasteiger partial charge in [0.1, 0.15) is 0 Å². The Kier molecular flexibility index (Phi) is 5.15. The summed E-state index contributed by atoms with van der Waals surface area (Å²) in [6.45, 7) is 10.1. The molecular formula is C14H25N3S2. The molecule has 2 heterocycles. The van der Waals surface area contributed by atoms with Crippen LogP contribution in [0.5, 0.6) is 0 Å². The Morgan fingerprint density at radius 2 is 2.21 bits per heavy atom.